The van der Waals surface area contributed by atoms with Gasteiger partial charge in [0.1, 0.15) is 0 Å². The van der Waals surface area contributed by atoms with Crippen LogP contribution in [-0.4, -0.2) is 0 Å². The molecule has 0 atom stereocenters. The lowest BCUT2D eigenvalue weighted by atomic mass is 9.82. The molecule has 658 valence electrons. The number of anilines is 9. The van der Waals surface area contributed by atoms with Gasteiger partial charge in [-0.3, -0.25) is 0 Å². The van der Waals surface area contributed by atoms with Crippen molar-refractivity contribution in [3.05, 3.63) is 450 Å². The van der Waals surface area contributed by atoms with E-state index in [0.717, 1.165) is 61.6 Å². The predicted octanol–water partition coefficient (Wildman–Crippen LogP) is 35.8. The number of hydrogen-bond acceptors (Lipinski definition) is 9. The maximum Gasteiger partial charge on any atom is 0.263 e. The third-order valence-corrected chi connectivity index (χ3v) is 29.6. The molecule has 3 aromatic heterocycles. The van der Waals surface area contributed by atoms with E-state index in [2.05, 4.69) is 400 Å². The molecule has 3 aliphatic rings. The van der Waals surface area contributed by atoms with E-state index >= 15 is 0 Å². The SMILES string of the molecule is [C-]#[N+]/C(C#N)=C\c1cc2c(s1)-c1ccc(N(c3ccc(-c4ccccc4)cc3)c3ccc(-c4ccccc4)cc3)cc1C2(C)C.[C-]#[N+]/C(C#N)=C\c1cc2c(s1)-c1ccc(N(c3ccccc3)c3cc(CCCCCC)cc(CCCCCC)c3)cc1C2(C)C.[C-]#[N+]/C(C#N)=C\c1cc2c(s1)-c1ccc(N(c3ccccc3)c3ccc(-c4ccc(-c5ccccc5)cc4)cc3)cc1C2(C)C. The van der Waals surface area contributed by atoms with Gasteiger partial charge in [-0.05, 0) is 277 Å². The summed E-state index contributed by atoms with van der Waals surface area (Å²) < 4.78 is 0. The molecule has 0 radical (unpaired) electrons. The Labute approximate surface area is 807 Å². The minimum absolute atomic E-state index is 0.107. The number of hydrogen-bond donors (Lipinski definition) is 0. The van der Waals surface area contributed by atoms with E-state index in [1.807, 2.05) is 42.5 Å². The van der Waals surface area contributed by atoms with Crippen molar-refractivity contribution in [3.8, 4) is 94.0 Å². The van der Waals surface area contributed by atoms with Crippen molar-refractivity contribution in [3.63, 3.8) is 0 Å². The third-order valence-electron chi connectivity index (χ3n) is 26.2. The van der Waals surface area contributed by atoms with Crippen LogP contribution in [0.25, 0.3) is 109 Å². The molecule has 0 saturated carbocycles. The zero-order chi connectivity index (χ0) is 93.7. The van der Waals surface area contributed by atoms with Gasteiger partial charge in [-0.2, -0.15) is 0 Å². The highest BCUT2D eigenvalue weighted by atomic mass is 32.1. The van der Waals surface area contributed by atoms with Crippen molar-refractivity contribution in [1.82, 2.24) is 0 Å². The number of nitriles is 3. The van der Waals surface area contributed by atoms with E-state index in [4.69, 9.17) is 19.7 Å². The first kappa shape index (κ1) is 91.4. The van der Waals surface area contributed by atoms with E-state index in [-0.39, 0.29) is 33.3 Å². The molecule has 3 heterocycles. The second-order valence-electron chi connectivity index (χ2n) is 36.1. The highest BCUT2D eigenvalue weighted by Gasteiger charge is 2.41. The smallest absolute Gasteiger partial charge is 0.263 e. The van der Waals surface area contributed by atoms with E-state index in [9.17, 15) is 15.8 Å². The lowest BCUT2D eigenvalue weighted by Gasteiger charge is -2.29. The van der Waals surface area contributed by atoms with Crippen LogP contribution in [0.3, 0.4) is 0 Å². The van der Waals surface area contributed by atoms with E-state index < -0.39 is 0 Å². The number of para-hydroxylation sites is 2. The van der Waals surface area contributed by atoms with Crippen LogP contribution in [-0.2, 0) is 29.1 Å². The van der Waals surface area contributed by atoms with Crippen LogP contribution >= 0.6 is 34.0 Å². The van der Waals surface area contributed by atoms with Crippen molar-refractivity contribution in [1.29, 1.82) is 15.8 Å². The first-order chi connectivity index (χ1) is 65.8. The minimum atomic E-state index is -0.228. The zero-order valence-corrected chi connectivity index (χ0v) is 79.8. The maximum atomic E-state index is 9.30. The predicted molar refractivity (Wildman–Crippen MR) is 568 cm³/mol. The largest absolute Gasteiger partial charge is 0.310 e. The van der Waals surface area contributed by atoms with Crippen molar-refractivity contribution in [2.75, 3.05) is 14.7 Å². The number of nitrogens with zero attached hydrogens (tertiary/aromatic N) is 9. The van der Waals surface area contributed by atoms with E-state index in [1.54, 1.807) is 52.2 Å². The standard InChI is InChI=1S/2C41H29N3S.C41H45N3S/c1-41(2)38-25-35(22-23-37(38)40-39(41)26-36(45-40)24-32(27-42)43-3)44(33-18-14-30(15-19-33)28-10-6-4-7-11-28)34-20-16-31(17-21-34)29-12-8-5-9-13-29;1-41(2)38-25-35(22-23-37(38)40-39(41)26-36(45-40)24-32(27-42)43-3)44(33-12-8-5-9-13-33)34-20-18-31(19-21-34)30-16-14-29(15-17-30)28-10-6-4-7-11-28;1-6-8-10-13-17-30-23-31(18-14-11-9-7-2)25-35(24-30)44(33-19-15-12-16-20-33)34-21-22-37-38(27-34)41(3,4)39-28-36(45-40(37)39)26-32(29-42)43-5/h2*4-26H,1-2H3;12,15-16,19-28H,6-11,13-14,17-18H2,1-4H3/b2*32-24-;32-26-. The third kappa shape index (κ3) is 19.5. The molecule has 16 aromatic rings. The van der Waals surface area contributed by atoms with Crippen LogP contribution in [0, 0.1) is 53.7 Å². The summed E-state index contributed by atoms with van der Waals surface area (Å²) in [7, 11) is 0. The van der Waals surface area contributed by atoms with Gasteiger partial charge in [0.15, 0.2) is 0 Å². The first-order valence-electron chi connectivity index (χ1n) is 46.4. The molecule has 9 nitrogen and oxygen atoms in total. The number of fused-ring (bicyclic) bond motifs is 9. The van der Waals surface area contributed by atoms with Gasteiger partial charge in [0.2, 0.25) is 0 Å². The zero-order valence-electron chi connectivity index (χ0n) is 77.4. The maximum absolute atomic E-state index is 9.30. The summed E-state index contributed by atoms with van der Waals surface area (Å²) in [6.07, 6.45) is 17.5. The molecule has 0 aliphatic heterocycles. The lowest BCUT2D eigenvalue weighted by molar-refractivity contribution is 0.661. The van der Waals surface area contributed by atoms with Crippen molar-refractivity contribution in [2.24, 2.45) is 0 Å². The number of benzene rings is 13. The fraction of sp³-hybridized carbons (Fsp3) is 0.171. The molecular formula is C123H103N9S3. The Morgan fingerprint density at radius 2 is 0.519 bits per heavy atom. The van der Waals surface area contributed by atoms with Crippen LogP contribution in [0.2, 0.25) is 0 Å². The lowest BCUT2D eigenvalue weighted by Crippen LogP contribution is -2.16. The second-order valence-corrected chi connectivity index (χ2v) is 39.4. The number of thiophene rings is 3. The number of unbranched alkanes of at least 4 members (excludes halogenated alkanes) is 6. The number of allylic oxidation sites excluding steroid dienone is 3. The fourth-order valence-corrected chi connectivity index (χ4v) is 22.9. The molecule has 19 rings (SSSR count). The second kappa shape index (κ2) is 40.7. The monoisotopic (exact) mass is 1800 g/mol. The van der Waals surface area contributed by atoms with Gasteiger partial charge >= 0.3 is 0 Å². The summed E-state index contributed by atoms with van der Waals surface area (Å²) in [6.45, 7) is 40.0. The molecular weight excluding hydrogens is 1700 g/mol. The molecule has 0 bridgehead atoms. The normalized spacial score (nSPS) is 13.0. The van der Waals surface area contributed by atoms with Crippen LogP contribution in [0.5, 0.6) is 0 Å². The fourth-order valence-electron chi connectivity index (χ4n) is 19.0. The van der Waals surface area contributed by atoms with Crippen LogP contribution < -0.4 is 14.7 Å². The molecule has 0 saturated heterocycles. The van der Waals surface area contributed by atoms with Gasteiger partial charge in [0, 0.05) is 96.7 Å². The summed E-state index contributed by atoms with van der Waals surface area (Å²) in [5, 5.41) is 27.8. The van der Waals surface area contributed by atoms with Gasteiger partial charge in [-0.1, -0.05) is 306 Å². The van der Waals surface area contributed by atoms with Crippen LogP contribution in [0.1, 0.15) is 166 Å². The highest BCUT2D eigenvalue weighted by molar-refractivity contribution is 7.17. The summed E-state index contributed by atoms with van der Waals surface area (Å²) in [5.74, 6) is 0. The van der Waals surface area contributed by atoms with Gasteiger partial charge in [0.05, 0.1) is 37.9 Å². The van der Waals surface area contributed by atoms with Gasteiger partial charge in [-0.25, -0.2) is 30.3 Å². The molecule has 13 aromatic carbocycles. The summed E-state index contributed by atoms with van der Waals surface area (Å²) in [6, 6.07) is 128. The molecule has 0 unspecified atom stereocenters. The molecule has 0 fully saturated rings. The van der Waals surface area contributed by atoms with E-state index in [1.165, 1.54) is 189 Å². The number of rotatable bonds is 26. The molecule has 135 heavy (non-hydrogen) atoms. The average molecular weight is 1800 g/mol. The quantitative estimate of drug-likeness (QED) is 0.0305. The summed E-state index contributed by atoms with van der Waals surface area (Å²) in [4.78, 5) is 23.6. The van der Waals surface area contributed by atoms with Crippen LogP contribution in [0.15, 0.2) is 357 Å². The average Bonchev–Trinajstić information content (AvgIpc) is 1.58. The minimum Gasteiger partial charge on any atom is -0.310 e. The van der Waals surface area contributed by atoms with Crippen molar-refractivity contribution in [2.45, 2.75) is 136 Å². The highest BCUT2D eigenvalue weighted by Crippen LogP contribution is 2.58. The van der Waals surface area contributed by atoms with Crippen molar-refractivity contribution >= 4 is 103 Å². The molecule has 0 spiro atoms. The van der Waals surface area contributed by atoms with Gasteiger partial charge in [0.25, 0.3) is 17.1 Å². The molecule has 0 N–H and O–H groups in total. The Balaban J connectivity index is 0.000000141. The Morgan fingerprint density at radius 3 is 0.785 bits per heavy atom. The van der Waals surface area contributed by atoms with E-state index in [0.29, 0.717) is 0 Å². The van der Waals surface area contributed by atoms with Crippen molar-refractivity contribution < 1.29 is 0 Å². The summed E-state index contributed by atoms with van der Waals surface area (Å²) in [5.41, 5.74) is 33.5. The summed E-state index contributed by atoms with van der Waals surface area (Å²) >= 11 is 4.97. The molecule has 3 aliphatic carbocycles. The Morgan fingerprint density at radius 1 is 0.274 bits per heavy atom. The Hall–Kier alpha value is -15.5. The van der Waals surface area contributed by atoms with Gasteiger partial charge in [-0.15, -0.1) is 34.0 Å². The topological polar surface area (TPSA) is 94.2 Å². The molecule has 0 amide bonds. The molecule has 12 heteroatoms. The first-order valence-corrected chi connectivity index (χ1v) is 48.8. The Bertz CT molecular complexity index is 7220. The number of aryl methyl sites for hydroxylation is 2. The van der Waals surface area contributed by atoms with Crippen LogP contribution in [0.4, 0.5) is 51.2 Å². The van der Waals surface area contributed by atoms with Gasteiger partial charge < -0.3 is 14.7 Å². The Kier molecular flexibility index (Phi) is 27.6.